The van der Waals surface area contributed by atoms with Gasteiger partial charge in [0.05, 0.1) is 6.10 Å². The molecule has 1 fully saturated rings. The summed E-state index contributed by atoms with van der Waals surface area (Å²) in [5, 5.41) is 8.96. The van der Waals surface area contributed by atoms with Crippen molar-refractivity contribution in [2.45, 2.75) is 31.9 Å². The number of hydrogen-bond donors (Lipinski definition) is 1. The third-order valence-electron chi connectivity index (χ3n) is 1.72. The Kier molecular flexibility index (Phi) is 2.09. The van der Waals surface area contributed by atoms with Gasteiger partial charge in [0.25, 0.3) is 0 Å². The summed E-state index contributed by atoms with van der Waals surface area (Å²) in [5.74, 6) is 0. The second-order valence-corrected chi connectivity index (χ2v) is 3.02. The SMILES string of the molecule is C[C@@H](O)CN(C)C1CC1. The Morgan fingerprint density at radius 1 is 1.67 bits per heavy atom. The number of nitrogens with zero attached hydrogens (tertiary/aromatic N) is 1. The topological polar surface area (TPSA) is 23.5 Å². The van der Waals surface area contributed by atoms with E-state index in [9.17, 15) is 0 Å². The minimum atomic E-state index is -0.171. The highest BCUT2D eigenvalue weighted by Crippen LogP contribution is 2.24. The molecule has 0 radical (unpaired) electrons. The highest BCUT2D eigenvalue weighted by Gasteiger charge is 2.26. The van der Waals surface area contributed by atoms with Crippen molar-refractivity contribution in [2.75, 3.05) is 13.6 Å². The second-order valence-electron chi connectivity index (χ2n) is 3.02. The van der Waals surface area contributed by atoms with Gasteiger partial charge in [-0.3, -0.25) is 0 Å². The Bertz CT molecular complexity index is 88.9. The molecule has 1 rings (SSSR count). The molecular weight excluding hydrogens is 114 g/mol. The standard InChI is InChI=1S/C7H15NO/c1-6(9)5-8(2)7-3-4-7/h6-7,9H,3-5H2,1-2H3/t6-/m1/s1. The van der Waals surface area contributed by atoms with Crippen LogP contribution in [0.25, 0.3) is 0 Å². The molecule has 0 saturated heterocycles. The van der Waals surface area contributed by atoms with Crippen molar-refractivity contribution in [3.05, 3.63) is 0 Å². The zero-order valence-corrected chi connectivity index (χ0v) is 6.17. The highest BCUT2D eigenvalue weighted by atomic mass is 16.3. The molecule has 1 aliphatic rings. The number of aliphatic hydroxyl groups excluding tert-OH is 1. The quantitative estimate of drug-likeness (QED) is 0.598. The fraction of sp³-hybridized carbons (Fsp3) is 1.00. The van der Waals surface area contributed by atoms with E-state index in [2.05, 4.69) is 11.9 Å². The van der Waals surface area contributed by atoms with Crippen molar-refractivity contribution in [3.8, 4) is 0 Å². The van der Waals surface area contributed by atoms with Gasteiger partial charge in [0.2, 0.25) is 0 Å². The van der Waals surface area contributed by atoms with Gasteiger partial charge in [-0.15, -0.1) is 0 Å². The molecule has 0 aromatic rings. The summed E-state index contributed by atoms with van der Waals surface area (Å²) in [4.78, 5) is 2.23. The van der Waals surface area contributed by atoms with Gasteiger partial charge in [-0.25, -0.2) is 0 Å². The minimum absolute atomic E-state index is 0.171. The van der Waals surface area contributed by atoms with Gasteiger partial charge in [-0.2, -0.15) is 0 Å². The molecule has 0 aliphatic heterocycles. The van der Waals surface area contributed by atoms with Crippen molar-refractivity contribution in [1.29, 1.82) is 0 Å². The fourth-order valence-corrected chi connectivity index (χ4v) is 1.08. The summed E-state index contributed by atoms with van der Waals surface area (Å²) in [7, 11) is 2.07. The molecule has 0 unspecified atom stereocenters. The van der Waals surface area contributed by atoms with Crippen molar-refractivity contribution >= 4 is 0 Å². The van der Waals surface area contributed by atoms with Crippen molar-refractivity contribution in [2.24, 2.45) is 0 Å². The monoisotopic (exact) mass is 129 g/mol. The van der Waals surface area contributed by atoms with Crippen molar-refractivity contribution in [3.63, 3.8) is 0 Å². The van der Waals surface area contributed by atoms with E-state index in [0.717, 1.165) is 12.6 Å². The van der Waals surface area contributed by atoms with Crippen LogP contribution in [0.3, 0.4) is 0 Å². The molecule has 1 saturated carbocycles. The molecule has 1 aliphatic carbocycles. The lowest BCUT2D eigenvalue weighted by Gasteiger charge is -2.16. The summed E-state index contributed by atoms with van der Waals surface area (Å²) in [5.41, 5.74) is 0. The Labute approximate surface area is 56.5 Å². The van der Waals surface area contributed by atoms with Crippen LogP contribution in [0.5, 0.6) is 0 Å². The molecule has 2 nitrogen and oxygen atoms in total. The molecule has 9 heavy (non-hydrogen) atoms. The second kappa shape index (κ2) is 2.67. The van der Waals surface area contributed by atoms with Crippen LogP contribution in [0.1, 0.15) is 19.8 Å². The first kappa shape index (κ1) is 7.03. The lowest BCUT2D eigenvalue weighted by molar-refractivity contribution is 0.138. The molecule has 0 bridgehead atoms. The van der Waals surface area contributed by atoms with Crippen LogP contribution in [-0.2, 0) is 0 Å². The molecule has 0 spiro atoms. The molecule has 0 heterocycles. The first-order valence-electron chi connectivity index (χ1n) is 3.58. The Morgan fingerprint density at radius 2 is 2.22 bits per heavy atom. The third-order valence-corrected chi connectivity index (χ3v) is 1.72. The maximum atomic E-state index is 8.96. The van der Waals surface area contributed by atoms with Gasteiger partial charge in [0.15, 0.2) is 0 Å². The van der Waals surface area contributed by atoms with Gasteiger partial charge in [0, 0.05) is 12.6 Å². The largest absolute Gasteiger partial charge is 0.392 e. The zero-order valence-electron chi connectivity index (χ0n) is 6.17. The van der Waals surface area contributed by atoms with Gasteiger partial charge in [0.1, 0.15) is 0 Å². The van der Waals surface area contributed by atoms with Gasteiger partial charge >= 0.3 is 0 Å². The Morgan fingerprint density at radius 3 is 2.56 bits per heavy atom. The molecule has 1 N–H and O–H groups in total. The van der Waals surface area contributed by atoms with E-state index in [1.54, 1.807) is 0 Å². The molecule has 0 aromatic carbocycles. The van der Waals surface area contributed by atoms with Crippen molar-refractivity contribution in [1.82, 2.24) is 4.90 Å². The number of aliphatic hydroxyl groups is 1. The van der Waals surface area contributed by atoms with Crippen LogP contribution < -0.4 is 0 Å². The number of likely N-dealkylation sites (N-methyl/N-ethyl adjacent to an activating group) is 1. The number of hydrogen-bond acceptors (Lipinski definition) is 2. The normalized spacial score (nSPS) is 22.7. The van der Waals surface area contributed by atoms with Crippen LogP contribution in [0.4, 0.5) is 0 Å². The van der Waals surface area contributed by atoms with Crippen LogP contribution >= 0.6 is 0 Å². The van der Waals surface area contributed by atoms with Crippen LogP contribution in [0, 0.1) is 0 Å². The van der Waals surface area contributed by atoms with Crippen LogP contribution in [-0.4, -0.2) is 35.7 Å². The summed E-state index contributed by atoms with van der Waals surface area (Å²) in [6.07, 6.45) is 2.47. The lowest BCUT2D eigenvalue weighted by atomic mass is 10.4. The highest BCUT2D eigenvalue weighted by molar-refractivity contribution is 4.82. The van der Waals surface area contributed by atoms with E-state index in [1.807, 2.05) is 6.92 Å². The first-order chi connectivity index (χ1) is 4.20. The Balaban J connectivity index is 2.10. The maximum Gasteiger partial charge on any atom is 0.0639 e. The summed E-state index contributed by atoms with van der Waals surface area (Å²) in [6.45, 7) is 2.66. The molecular formula is C7H15NO. The fourth-order valence-electron chi connectivity index (χ4n) is 1.08. The third kappa shape index (κ3) is 2.33. The van der Waals surface area contributed by atoms with Gasteiger partial charge < -0.3 is 10.0 Å². The predicted octanol–water partition coefficient (Wildman–Crippen LogP) is 0.461. The van der Waals surface area contributed by atoms with Gasteiger partial charge in [-0.05, 0) is 26.8 Å². The van der Waals surface area contributed by atoms with E-state index < -0.39 is 0 Å². The van der Waals surface area contributed by atoms with Crippen molar-refractivity contribution < 1.29 is 5.11 Å². The summed E-state index contributed by atoms with van der Waals surface area (Å²) in [6, 6.07) is 0.777. The number of rotatable bonds is 3. The zero-order chi connectivity index (χ0) is 6.85. The summed E-state index contributed by atoms with van der Waals surface area (Å²) >= 11 is 0. The molecule has 1 atom stereocenters. The minimum Gasteiger partial charge on any atom is -0.392 e. The van der Waals surface area contributed by atoms with Crippen LogP contribution in [0.2, 0.25) is 0 Å². The molecule has 54 valence electrons. The molecule has 2 heteroatoms. The van der Waals surface area contributed by atoms with Crippen LogP contribution in [0.15, 0.2) is 0 Å². The first-order valence-corrected chi connectivity index (χ1v) is 3.58. The smallest absolute Gasteiger partial charge is 0.0639 e. The van der Waals surface area contributed by atoms with E-state index in [4.69, 9.17) is 5.11 Å². The van der Waals surface area contributed by atoms with Gasteiger partial charge in [-0.1, -0.05) is 0 Å². The summed E-state index contributed by atoms with van der Waals surface area (Å²) < 4.78 is 0. The van der Waals surface area contributed by atoms with E-state index in [0.29, 0.717) is 0 Å². The Hall–Kier alpha value is -0.0800. The maximum absolute atomic E-state index is 8.96. The molecule has 0 aromatic heterocycles. The average molecular weight is 129 g/mol. The lowest BCUT2D eigenvalue weighted by Crippen LogP contribution is -2.28. The average Bonchev–Trinajstić information content (AvgIpc) is 2.40. The predicted molar refractivity (Wildman–Crippen MR) is 37.3 cm³/mol. The van der Waals surface area contributed by atoms with E-state index in [-0.39, 0.29) is 6.10 Å². The van der Waals surface area contributed by atoms with E-state index >= 15 is 0 Å². The van der Waals surface area contributed by atoms with E-state index in [1.165, 1.54) is 12.8 Å². The molecule has 0 amide bonds.